The van der Waals surface area contributed by atoms with Crippen molar-refractivity contribution in [3.63, 3.8) is 0 Å². The number of aryl methyl sites for hydroxylation is 1. The molecule has 1 aliphatic heterocycles. The van der Waals surface area contributed by atoms with E-state index in [1.54, 1.807) is 22.8 Å². The van der Waals surface area contributed by atoms with Crippen LogP contribution in [0.4, 0.5) is 5.69 Å². The van der Waals surface area contributed by atoms with Gasteiger partial charge in [0.2, 0.25) is 0 Å². The molecule has 0 unspecified atom stereocenters. The maximum Gasteiger partial charge on any atom is 0.266 e. The molecule has 0 bridgehead atoms. The van der Waals surface area contributed by atoms with Crippen LogP contribution in [0, 0.1) is 6.92 Å². The molecule has 3 aromatic carbocycles. The minimum atomic E-state index is -0.210. The molecule has 0 saturated carbocycles. The van der Waals surface area contributed by atoms with E-state index < -0.39 is 0 Å². The van der Waals surface area contributed by atoms with Crippen LogP contribution in [-0.4, -0.2) is 15.5 Å². The molecule has 0 aliphatic carbocycles. The zero-order chi connectivity index (χ0) is 20.8. The van der Waals surface area contributed by atoms with Gasteiger partial charge in [0.15, 0.2) is 0 Å². The summed E-state index contributed by atoms with van der Waals surface area (Å²) in [7, 11) is 0. The van der Waals surface area contributed by atoms with E-state index in [-0.39, 0.29) is 11.5 Å². The summed E-state index contributed by atoms with van der Waals surface area (Å²) in [5, 5.41) is 3.37. The smallest absolute Gasteiger partial charge is 0.266 e. The molecule has 0 saturated heterocycles. The average molecular weight is 458 g/mol. The molecular formula is C24H16BrN3O2. The highest BCUT2D eigenvalue weighted by Crippen LogP contribution is 2.33. The van der Waals surface area contributed by atoms with Crippen molar-refractivity contribution >= 4 is 50.1 Å². The van der Waals surface area contributed by atoms with Gasteiger partial charge in [-0.2, -0.15) is 0 Å². The van der Waals surface area contributed by atoms with E-state index in [0.29, 0.717) is 22.3 Å². The van der Waals surface area contributed by atoms with Crippen LogP contribution in [0.3, 0.4) is 0 Å². The van der Waals surface area contributed by atoms with E-state index in [2.05, 4.69) is 21.2 Å². The van der Waals surface area contributed by atoms with Crippen molar-refractivity contribution in [1.29, 1.82) is 0 Å². The van der Waals surface area contributed by atoms with Crippen molar-refractivity contribution in [2.75, 3.05) is 5.32 Å². The summed E-state index contributed by atoms with van der Waals surface area (Å²) in [5.41, 5.74) is 4.09. The number of amides is 1. The molecule has 2 heterocycles. The van der Waals surface area contributed by atoms with Gasteiger partial charge in [-0.25, -0.2) is 4.98 Å². The van der Waals surface area contributed by atoms with Crippen LogP contribution in [0.1, 0.15) is 17.0 Å². The third kappa shape index (κ3) is 2.97. The van der Waals surface area contributed by atoms with Crippen LogP contribution in [-0.2, 0) is 4.79 Å². The Labute approximate surface area is 180 Å². The van der Waals surface area contributed by atoms with Gasteiger partial charge in [-0.05, 0) is 48.9 Å². The van der Waals surface area contributed by atoms with E-state index in [1.165, 1.54) is 0 Å². The molecule has 146 valence electrons. The number of nitrogens with zero attached hydrogens (tertiary/aromatic N) is 2. The lowest BCUT2D eigenvalue weighted by Crippen LogP contribution is -2.23. The summed E-state index contributed by atoms with van der Waals surface area (Å²) in [5.74, 6) is 0.198. The molecule has 1 aromatic heterocycles. The summed E-state index contributed by atoms with van der Waals surface area (Å²) in [4.78, 5) is 30.9. The Kier molecular flexibility index (Phi) is 4.37. The van der Waals surface area contributed by atoms with Crippen molar-refractivity contribution in [2.24, 2.45) is 0 Å². The van der Waals surface area contributed by atoms with E-state index in [9.17, 15) is 9.59 Å². The molecule has 1 aliphatic rings. The Balaban J connectivity index is 1.85. The molecule has 0 atom stereocenters. The molecule has 4 aromatic rings. The average Bonchev–Trinajstić information content (AvgIpc) is 3.05. The second kappa shape index (κ2) is 7.07. The number of para-hydroxylation sites is 2. The van der Waals surface area contributed by atoms with Crippen LogP contribution in [0.5, 0.6) is 0 Å². The number of hydrogen-bond acceptors (Lipinski definition) is 3. The molecule has 6 heteroatoms. The van der Waals surface area contributed by atoms with Gasteiger partial charge in [0.25, 0.3) is 11.5 Å². The van der Waals surface area contributed by atoms with E-state index in [1.807, 2.05) is 61.5 Å². The Morgan fingerprint density at radius 1 is 1.00 bits per heavy atom. The van der Waals surface area contributed by atoms with Crippen LogP contribution in [0.2, 0.25) is 0 Å². The summed E-state index contributed by atoms with van der Waals surface area (Å²) < 4.78 is 2.38. The number of rotatable bonds is 2. The molecule has 0 radical (unpaired) electrons. The normalized spacial score (nSPS) is 14.2. The monoisotopic (exact) mass is 457 g/mol. The van der Waals surface area contributed by atoms with E-state index >= 15 is 0 Å². The second-order valence-electron chi connectivity index (χ2n) is 7.12. The van der Waals surface area contributed by atoms with Crippen molar-refractivity contribution in [1.82, 2.24) is 9.55 Å². The zero-order valence-electron chi connectivity index (χ0n) is 16.0. The van der Waals surface area contributed by atoms with Crippen LogP contribution in [0.25, 0.3) is 28.2 Å². The quantitative estimate of drug-likeness (QED) is 0.433. The fourth-order valence-electron chi connectivity index (χ4n) is 3.73. The fourth-order valence-corrected chi connectivity index (χ4v) is 4.09. The minimum absolute atomic E-state index is 0.186. The first-order chi connectivity index (χ1) is 14.5. The van der Waals surface area contributed by atoms with Gasteiger partial charge < -0.3 is 5.32 Å². The predicted octanol–water partition coefficient (Wildman–Crippen LogP) is 4.95. The lowest BCUT2D eigenvalue weighted by molar-refractivity contribution is -0.110. The van der Waals surface area contributed by atoms with Crippen LogP contribution in [0.15, 0.2) is 76.0 Å². The molecule has 5 nitrogen and oxygen atoms in total. The van der Waals surface area contributed by atoms with E-state index in [4.69, 9.17) is 4.98 Å². The number of nitrogens with one attached hydrogen (secondary N) is 1. The molecule has 1 N–H and O–H groups in total. The molecule has 30 heavy (non-hydrogen) atoms. The van der Waals surface area contributed by atoms with Gasteiger partial charge in [-0.3, -0.25) is 14.2 Å². The number of aromatic nitrogens is 2. The highest BCUT2D eigenvalue weighted by Gasteiger charge is 2.25. The molecule has 1 amide bonds. The van der Waals surface area contributed by atoms with Gasteiger partial charge in [0.1, 0.15) is 5.82 Å². The summed E-state index contributed by atoms with van der Waals surface area (Å²) in [6.07, 6.45) is 1.69. The zero-order valence-corrected chi connectivity index (χ0v) is 17.6. The van der Waals surface area contributed by atoms with Gasteiger partial charge in [0, 0.05) is 15.7 Å². The number of hydrogen-bond donors (Lipinski definition) is 1. The molecule has 0 spiro atoms. The standard InChI is InChI=1S/C24H16BrN3O2/c1-14-6-2-5-9-21(14)28-22(26-20-11-10-15(25)12-18(20)24(28)30)13-17-16-7-3-4-8-19(16)27-23(17)29/h2-13H,1H3,(H,27,29)/b17-13-. The van der Waals surface area contributed by atoms with Crippen molar-refractivity contribution in [3.05, 3.63) is 98.5 Å². The minimum Gasteiger partial charge on any atom is -0.321 e. The maximum absolute atomic E-state index is 13.5. The second-order valence-corrected chi connectivity index (χ2v) is 8.03. The predicted molar refractivity (Wildman–Crippen MR) is 123 cm³/mol. The molecule has 5 rings (SSSR count). The van der Waals surface area contributed by atoms with Crippen molar-refractivity contribution < 1.29 is 4.79 Å². The van der Waals surface area contributed by atoms with Gasteiger partial charge in [-0.15, -0.1) is 0 Å². The van der Waals surface area contributed by atoms with Gasteiger partial charge >= 0.3 is 0 Å². The van der Waals surface area contributed by atoms with Gasteiger partial charge in [0.05, 0.1) is 22.2 Å². The summed E-state index contributed by atoms with van der Waals surface area (Å²) in [6, 6.07) is 20.5. The largest absolute Gasteiger partial charge is 0.321 e. The highest BCUT2D eigenvalue weighted by atomic mass is 79.9. The number of benzene rings is 3. The number of halogens is 1. The molecular weight excluding hydrogens is 442 g/mol. The summed E-state index contributed by atoms with van der Waals surface area (Å²) in [6.45, 7) is 1.95. The Morgan fingerprint density at radius 3 is 2.60 bits per heavy atom. The first-order valence-electron chi connectivity index (χ1n) is 9.44. The number of carbonyl (C=O) groups excluding carboxylic acids is 1. The third-order valence-corrected chi connectivity index (χ3v) is 5.69. The van der Waals surface area contributed by atoms with Crippen LogP contribution < -0.4 is 10.9 Å². The number of carbonyl (C=O) groups is 1. The topological polar surface area (TPSA) is 64.0 Å². The SMILES string of the molecule is Cc1ccccc1-n1c(/C=C2\C(=O)Nc3ccccc32)nc2ccc(Br)cc2c1=O. The lowest BCUT2D eigenvalue weighted by Gasteiger charge is -2.14. The number of fused-ring (bicyclic) bond motifs is 2. The Hall–Kier alpha value is -3.51. The lowest BCUT2D eigenvalue weighted by atomic mass is 10.1. The third-order valence-electron chi connectivity index (χ3n) is 5.20. The highest BCUT2D eigenvalue weighted by molar-refractivity contribution is 9.10. The Bertz CT molecular complexity index is 1440. The number of anilines is 1. The molecule has 0 fully saturated rings. The maximum atomic E-state index is 13.5. The van der Waals surface area contributed by atoms with Crippen molar-refractivity contribution in [2.45, 2.75) is 6.92 Å². The van der Waals surface area contributed by atoms with Crippen molar-refractivity contribution in [3.8, 4) is 5.69 Å². The van der Waals surface area contributed by atoms with Crippen LogP contribution >= 0.6 is 15.9 Å². The summed E-state index contributed by atoms with van der Waals surface area (Å²) >= 11 is 3.44. The first kappa shape index (κ1) is 18.5. The first-order valence-corrected chi connectivity index (χ1v) is 10.2. The Morgan fingerprint density at radius 2 is 1.77 bits per heavy atom. The fraction of sp³-hybridized carbons (Fsp3) is 0.0417. The van der Waals surface area contributed by atoms with Gasteiger partial charge in [-0.1, -0.05) is 52.3 Å². The van der Waals surface area contributed by atoms with E-state index in [0.717, 1.165) is 27.0 Å².